The SMILES string of the molecule is O=C(c1ccc(NCc2noc3c2CCCC3)cc1)N1CCCC1c1ccccc1. The van der Waals surface area contributed by atoms with Gasteiger partial charge in [0.25, 0.3) is 5.91 Å². The molecule has 1 aliphatic carbocycles. The number of amides is 1. The summed E-state index contributed by atoms with van der Waals surface area (Å²) in [6, 6.07) is 18.3. The van der Waals surface area contributed by atoms with Gasteiger partial charge in [0, 0.05) is 29.8 Å². The molecule has 0 bridgehead atoms. The Labute approximate surface area is 177 Å². The van der Waals surface area contributed by atoms with Gasteiger partial charge in [-0.05, 0) is 61.9 Å². The summed E-state index contributed by atoms with van der Waals surface area (Å²) >= 11 is 0. The van der Waals surface area contributed by atoms with E-state index in [1.54, 1.807) is 0 Å². The van der Waals surface area contributed by atoms with Crippen LogP contribution < -0.4 is 5.32 Å². The van der Waals surface area contributed by atoms with E-state index >= 15 is 0 Å². The van der Waals surface area contributed by atoms with Crippen molar-refractivity contribution in [1.82, 2.24) is 10.1 Å². The summed E-state index contributed by atoms with van der Waals surface area (Å²) in [4.78, 5) is 15.1. The Bertz CT molecular complexity index is 1010. The summed E-state index contributed by atoms with van der Waals surface area (Å²) in [5.41, 5.74) is 5.23. The standard InChI is InChI=1S/C25H27N3O2/c29-25(28-16-6-10-23(28)18-7-2-1-3-8-18)19-12-14-20(15-13-19)26-17-22-21-9-4-5-11-24(21)30-27-22/h1-3,7-8,12-15,23,26H,4-6,9-11,16-17H2. The molecule has 1 amide bonds. The van der Waals surface area contributed by atoms with Crippen molar-refractivity contribution in [3.63, 3.8) is 0 Å². The molecule has 2 aromatic carbocycles. The van der Waals surface area contributed by atoms with Crippen LogP contribution in [0.15, 0.2) is 59.1 Å². The largest absolute Gasteiger partial charge is 0.379 e. The fourth-order valence-electron chi connectivity index (χ4n) is 4.70. The van der Waals surface area contributed by atoms with E-state index in [9.17, 15) is 4.79 Å². The molecular weight excluding hydrogens is 374 g/mol. The number of likely N-dealkylation sites (tertiary alicyclic amines) is 1. The second-order valence-corrected chi connectivity index (χ2v) is 8.24. The van der Waals surface area contributed by atoms with E-state index in [4.69, 9.17) is 4.52 Å². The number of nitrogens with zero attached hydrogens (tertiary/aromatic N) is 2. The fraction of sp³-hybridized carbons (Fsp3) is 0.360. The Kier molecular flexibility index (Phi) is 5.26. The maximum atomic E-state index is 13.1. The number of carbonyl (C=O) groups excluding carboxylic acids is 1. The van der Waals surface area contributed by atoms with Crippen molar-refractivity contribution < 1.29 is 9.32 Å². The molecular formula is C25H27N3O2. The molecule has 0 radical (unpaired) electrons. The summed E-state index contributed by atoms with van der Waals surface area (Å²) in [7, 11) is 0. The predicted octanol–water partition coefficient (Wildman–Crippen LogP) is 5.14. The minimum Gasteiger partial charge on any atom is -0.379 e. The van der Waals surface area contributed by atoms with E-state index in [0.717, 1.165) is 54.9 Å². The Morgan fingerprint density at radius 3 is 2.67 bits per heavy atom. The maximum absolute atomic E-state index is 13.1. The normalized spacial score (nSPS) is 18.3. The minimum atomic E-state index is 0.110. The first-order valence-corrected chi connectivity index (χ1v) is 11.0. The van der Waals surface area contributed by atoms with Crippen LogP contribution in [-0.2, 0) is 19.4 Å². The van der Waals surface area contributed by atoms with Crippen molar-refractivity contribution in [3.05, 3.63) is 82.7 Å². The third-order valence-electron chi connectivity index (χ3n) is 6.32. The minimum absolute atomic E-state index is 0.110. The van der Waals surface area contributed by atoms with Crippen LogP contribution in [0.1, 0.15) is 64.7 Å². The van der Waals surface area contributed by atoms with Gasteiger partial charge < -0.3 is 14.7 Å². The van der Waals surface area contributed by atoms with Crippen molar-refractivity contribution in [1.29, 1.82) is 0 Å². The summed E-state index contributed by atoms with van der Waals surface area (Å²) < 4.78 is 5.49. The van der Waals surface area contributed by atoms with Crippen molar-refractivity contribution in [2.45, 2.75) is 51.1 Å². The fourth-order valence-corrected chi connectivity index (χ4v) is 4.70. The highest BCUT2D eigenvalue weighted by molar-refractivity contribution is 5.95. The maximum Gasteiger partial charge on any atom is 0.254 e. The van der Waals surface area contributed by atoms with Crippen LogP contribution in [0, 0.1) is 0 Å². The lowest BCUT2D eigenvalue weighted by Gasteiger charge is -2.25. The number of aromatic nitrogens is 1. The first-order valence-electron chi connectivity index (χ1n) is 11.0. The van der Waals surface area contributed by atoms with Gasteiger partial charge in [0.05, 0.1) is 12.6 Å². The molecule has 1 aliphatic heterocycles. The molecule has 2 aliphatic rings. The van der Waals surface area contributed by atoms with E-state index in [-0.39, 0.29) is 11.9 Å². The summed E-state index contributed by atoms with van der Waals surface area (Å²) in [5, 5.41) is 7.67. The van der Waals surface area contributed by atoms with Gasteiger partial charge in [0.15, 0.2) is 0 Å². The van der Waals surface area contributed by atoms with E-state index in [1.165, 1.54) is 24.0 Å². The molecule has 5 heteroatoms. The highest BCUT2D eigenvalue weighted by Gasteiger charge is 2.30. The molecule has 0 spiro atoms. The van der Waals surface area contributed by atoms with Crippen LogP contribution in [0.3, 0.4) is 0 Å². The molecule has 3 aromatic rings. The molecule has 154 valence electrons. The topological polar surface area (TPSA) is 58.4 Å². The van der Waals surface area contributed by atoms with Gasteiger partial charge in [0.2, 0.25) is 0 Å². The third-order valence-corrected chi connectivity index (χ3v) is 6.32. The van der Waals surface area contributed by atoms with Crippen LogP contribution in [0.2, 0.25) is 0 Å². The highest BCUT2D eigenvalue weighted by Crippen LogP contribution is 2.33. The number of nitrogens with one attached hydrogen (secondary N) is 1. The van der Waals surface area contributed by atoms with Crippen molar-refractivity contribution in [3.8, 4) is 0 Å². The van der Waals surface area contributed by atoms with Gasteiger partial charge >= 0.3 is 0 Å². The number of anilines is 1. The first-order chi connectivity index (χ1) is 14.8. The number of benzene rings is 2. The number of fused-ring (bicyclic) bond motifs is 1. The van der Waals surface area contributed by atoms with Gasteiger partial charge in [-0.1, -0.05) is 35.5 Å². The molecule has 1 N–H and O–H groups in total. The Morgan fingerprint density at radius 2 is 1.83 bits per heavy atom. The molecule has 1 fully saturated rings. The highest BCUT2D eigenvalue weighted by atomic mass is 16.5. The van der Waals surface area contributed by atoms with Gasteiger partial charge in [-0.15, -0.1) is 0 Å². The second kappa shape index (κ2) is 8.34. The molecule has 1 unspecified atom stereocenters. The summed E-state index contributed by atoms with van der Waals surface area (Å²) in [6.07, 6.45) is 6.52. The lowest BCUT2D eigenvalue weighted by molar-refractivity contribution is 0.0735. The Hall–Kier alpha value is -3.08. The zero-order chi connectivity index (χ0) is 20.3. The summed E-state index contributed by atoms with van der Waals surface area (Å²) in [5.74, 6) is 1.16. The van der Waals surface area contributed by atoms with Crippen molar-refractivity contribution in [2.75, 3.05) is 11.9 Å². The monoisotopic (exact) mass is 401 g/mol. The van der Waals surface area contributed by atoms with Gasteiger partial charge in [-0.2, -0.15) is 0 Å². The van der Waals surface area contributed by atoms with Gasteiger partial charge in [0.1, 0.15) is 11.5 Å². The van der Waals surface area contributed by atoms with E-state index in [0.29, 0.717) is 6.54 Å². The van der Waals surface area contributed by atoms with Gasteiger partial charge in [-0.3, -0.25) is 4.79 Å². The predicted molar refractivity (Wildman–Crippen MR) is 116 cm³/mol. The number of hydrogen-bond donors (Lipinski definition) is 1. The number of aryl methyl sites for hydroxylation is 1. The van der Waals surface area contributed by atoms with Crippen LogP contribution in [0.5, 0.6) is 0 Å². The zero-order valence-electron chi connectivity index (χ0n) is 17.1. The van der Waals surface area contributed by atoms with E-state index < -0.39 is 0 Å². The Balaban J connectivity index is 1.24. The number of rotatable bonds is 5. The second-order valence-electron chi connectivity index (χ2n) is 8.24. The van der Waals surface area contributed by atoms with Crippen LogP contribution >= 0.6 is 0 Å². The van der Waals surface area contributed by atoms with Crippen molar-refractivity contribution >= 4 is 11.6 Å². The van der Waals surface area contributed by atoms with E-state index in [2.05, 4.69) is 22.6 Å². The third kappa shape index (κ3) is 3.72. The molecule has 5 nitrogen and oxygen atoms in total. The Morgan fingerprint density at radius 1 is 1.03 bits per heavy atom. The molecule has 1 atom stereocenters. The lowest BCUT2D eigenvalue weighted by Crippen LogP contribution is -2.30. The quantitative estimate of drug-likeness (QED) is 0.643. The van der Waals surface area contributed by atoms with Crippen LogP contribution in [-0.4, -0.2) is 22.5 Å². The lowest BCUT2D eigenvalue weighted by atomic mass is 9.96. The smallest absolute Gasteiger partial charge is 0.254 e. The molecule has 1 saturated heterocycles. The van der Waals surface area contributed by atoms with Crippen LogP contribution in [0.4, 0.5) is 5.69 Å². The average molecular weight is 402 g/mol. The van der Waals surface area contributed by atoms with Crippen LogP contribution in [0.25, 0.3) is 0 Å². The molecule has 5 rings (SSSR count). The molecule has 2 heterocycles. The van der Waals surface area contributed by atoms with Gasteiger partial charge in [-0.25, -0.2) is 0 Å². The zero-order valence-corrected chi connectivity index (χ0v) is 17.1. The first kappa shape index (κ1) is 18.9. The molecule has 0 saturated carbocycles. The molecule has 30 heavy (non-hydrogen) atoms. The molecule has 1 aromatic heterocycles. The van der Waals surface area contributed by atoms with E-state index in [1.807, 2.05) is 47.4 Å². The van der Waals surface area contributed by atoms with Crippen molar-refractivity contribution in [2.24, 2.45) is 0 Å². The summed E-state index contributed by atoms with van der Waals surface area (Å²) in [6.45, 7) is 1.46. The number of hydrogen-bond acceptors (Lipinski definition) is 4. The average Bonchev–Trinajstić information content (AvgIpc) is 3.46. The number of carbonyl (C=O) groups is 1.